The summed E-state index contributed by atoms with van der Waals surface area (Å²) in [5.74, 6) is -0.0386. The first-order valence-electron chi connectivity index (χ1n) is 7.16. The molecule has 0 aliphatic carbocycles. The van der Waals surface area contributed by atoms with E-state index in [-0.39, 0.29) is 18.4 Å². The SMILES string of the molecule is C#CC[C@@H](C(=O)O)[C@H](O)CCc1ccc(C2(C(F)(F)F)N=N2)cc1. The van der Waals surface area contributed by atoms with Gasteiger partial charge in [0.1, 0.15) is 0 Å². The van der Waals surface area contributed by atoms with Crippen molar-refractivity contribution in [3.05, 3.63) is 35.4 Å². The molecule has 1 aromatic carbocycles. The summed E-state index contributed by atoms with van der Waals surface area (Å²) in [6.07, 6.45) is -0.276. The smallest absolute Gasteiger partial charge is 0.442 e. The van der Waals surface area contributed by atoms with Gasteiger partial charge in [0, 0.05) is 12.0 Å². The second-order valence-corrected chi connectivity index (χ2v) is 5.53. The number of alkyl halides is 3. The Morgan fingerprint density at radius 2 is 1.88 bits per heavy atom. The highest BCUT2D eigenvalue weighted by atomic mass is 19.4. The molecule has 0 radical (unpaired) electrons. The van der Waals surface area contributed by atoms with Crippen molar-refractivity contribution in [1.29, 1.82) is 0 Å². The van der Waals surface area contributed by atoms with E-state index in [2.05, 4.69) is 16.1 Å². The largest absolute Gasteiger partial charge is 0.481 e. The predicted octanol–water partition coefficient (Wildman–Crippen LogP) is 2.89. The molecule has 1 heterocycles. The number of hydrogen-bond acceptors (Lipinski definition) is 4. The van der Waals surface area contributed by atoms with E-state index < -0.39 is 29.8 Å². The number of rotatable bonds is 7. The molecule has 8 heteroatoms. The number of carbonyl (C=O) groups is 1. The van der Waals surface area contributed by atoms with Crippen LogP contribution in [0.5, 0.6) is 0 Å². The zero-order valence-corrected chi connectivity index (χ0v) is 12.5. The molecule has 0 unspecified atom stereocenters. The molecule has 0 saturated heterocycles. The van der Waals surface area contributed by atoms with Gasteiger partial charge in [-0.05, 0) is 18.4 Å². The molecule has 0 amide bonds. The Labute approximate surface area is 136 Å². The minimum absolute atomic E-state index is 0.0740. The predicted molar refractivity (Wildman–Crippen MR) is 77.9 cm³/mol. The average molecular weight is 340 g/mol. The summed E-state index contributed by atoms with van der Waals surface area (Å²) >= 11 is 0. The van der Waals surface area contributed by atoms with Crippen LogP contribution in [0.3, 0.4) is 0 Å². The number of aliphatic hydroxyl groups is 1. The molecule has 0 aromatic heterocycles. The molecular weight excluding hydrogens is 325 g/mol. The molecule has 2 N–H and O–H groups in total. The van der Waals surface area contributed by atoms with Gasteiger partial charge in [-0.2, -0.15) is 13.2 Å². The number of carboxylic acids is 1. The maximum atomic E-state index is 12.9. The molecule has 1 aliphatic rings. The number of aliphatic hydroxyl groups excluding tert-OH is 1. The van der Waals surface area contributed by atoms with Gasteiger partial charge in [0.25, 0.3) is 0 Å². The van der Waals surface area contributed by atoms with E-state index in [1.165, 1.54) is 24.3 Å². The van der Waals surface area contributed by atoms with Crippen LogP contribution in [0.15, 0.2) is 34.5 Å². The van der Waals surface area contributed by atoms with Crippen LogP contribution in [-0.4, -0.2) is 28.5 Å². The van der Waals surface area contributed by atoms with Gasteiger partial charge in [0.2, 0.25) is 0 Å². The summed E-state index contributed by atoms with van der Waals surface area (Å²) in [5.41, 5.74) is -1.86. The third kappa shape index (κ3) is 3.57. The fraction of sp³-hybridized carbons (Fsp3) is 0.438. The van der Waals surface area contributed by atoms with Crippen LogP contribution in [0.4, 0.5) is 13.2 Å². The summed E-state index contributed by atoms with van der Waals surface area (Å²) in [7, 11) is 0. The number of terminal acetylenes is 1. The molecule has 5 nitrogen and oxygen atoms in total. The highest BCUT2D eigenvalue weighted by Gasteiger charge is 2.65. The van der Waals surface area contributed by atoms with Gasteiger partial charge in [-0.3, -0.25) is 4.79 Å². The second-order valence-electron chi connectivity index (χ2n) is 5.53. The fourth-order valence-corrected chi connectivity index (χ4v) is 2.38. The van der Waals surface area contributed by atoms with Gasteiger partial charge in [0.15, 0.2) is 0 Å². The van der Waals surface area contributed by atoms with Crippen LogP contribution in [0.2, 0.25) is 0 Å². The maximum absolute atomic E-state index is 12.9. The van der Waals surface area contributed by atoms with Crippen LogP contribution in [0.1, 0.15) is 24.0 Å². The van der Waals surface area contributed by atoms with Crippen LogP contribution >= 0.6 is 0 Å². The molecule has 1 aliphatic heterocycles. The zero-order valence-electron chi connectivity index (χ0n) is 12.5. The summed E-state index contributed by atoms with van der Waals surface area (Å²) < 4.78 is 38.6. The van der Waals surface area contributed by atoms with Crippen LogP contribution in [0, 0.1) is 18.3 Å². The van der Waals surface area contributed by atoms with Gasteiger partial charge in [-0.1, -0.05) is 24.3 Å². The standard InChI is InChI=1S/C16H15F3N2O3/c1-2-3-12(14(23)24)13(22)9-6-10-4-7-11(8-5-10)15(20-21-15)16(17,18)19/h1,4-5,7-8,12-13,22H,3,6,9H2,(H,23,24)/t12-,13-/m1/s1. The van der Waals surface area contributed by atoms with E-state index in [4.69, 9.17) is 11.5 Å². The van der Waals surface area contributed by atoms with Crippen molar-refractivity contribution in [1.82, 2.24) is 0 Å². The molecule has 0 saturated carbocycles. The molecule has 1 aromatic rings. The lowest BCUT2D eigenvalue weighted by Gasteiger charge is -2.17. The minimum atomic E-state index is -4.57. The number of hydrogen-bond donors (Lipinski definition) is 2. The molecule has 24 heavy (non-hydrogen) atoms. The quantitative estimate of drug-likeness (QED) is 0.749. The van der Waals surface area contributed by atoms with Crippen LogP contribution in [-0.2, 0) is 16.9 Å². The Bertz CT molecular complexity index is 671. The fourth-order valence-electron chi connectivity index (χ4n) is 2.38. The highest BCUT2D eigenvalue weighted by molar-refractivity contribution is 5.71. The van der Waals surface area contributed by atoms with Crippen LogP contribution < -0.4 is 0 Å². The van der Waals surface area contributed by atoms with E-state index in [9.17, 15) is 23.1 Å². The van der Waals surface area contributed by atoms with E-state index in [1.807, 2.05) is 0 Å². The number of carboxylic acid groups (broad SMARTS) is 1. The van der Waals surface area contributed by atoms with Gasteiger partial charge in [0.05, 0.1) is 12.0 Å². The van der Waals surface area contributed by atoms with Crippen molar-refractivity contribution < 1.29 is 28.2 Å². The van der Waals surface area contributed by atoms with Gasteiger partial charge in [-0.25, -0.2) is 0 Å². The lowest BCUT2D eigenvalue weighted by Crippen LogP contribution is -2.30. The van der Waals surface area contributed by atoms with Gasteiger partial charge in [-0.15, -0.1) is 22.6 Å². The lowest BCUT2D eigenvalue weighted by molar-refractivity contribution is -0.166. The summed E-state index contributed by atoms with van der Waals surface area (Å²) in [6.45, 7) is 0. The van der Waals surface area contributed by atoms with Crippen molar-refractivity contribution in [3.63, 3.8) is 0 Å². The average Bonchev–Trinajstić information content (AvgIpc) is 3.32. The van der Waals surface area contributed by atoms with Crippen molar-refractivity contribution in [2.24, 2.45) is 16.1 Å². The molecule has 2 rings (SSSR count). The van der Waals surface area contributed by atoms with E-state index in [1.54, 1.807) is 0 Å². The zero-order chi connectivity index (χ0) is 18.0. The first-order valence-corrected chi connectivity index (χ1v) is 7.16. The number of benzene rings is 1. The molecular formula is C16H15F3N2O3. The Morgan fingerprint density at radius 3 is 2.29 bits per heavy atom. The number of aryl methyl sites for hydroxylation is 1. The molecule has 128 valence electrons. The normalized spacial score (nSPS) is 17.8. The Kier molecular flexibility index (Phi) is 4.94. The molecule has 0 bridgehead atoms. The van der Waals surface area contributed by atoms with Crippen molar-refractivity contribution in [2.75, 3.05) is 0 Å². The summed E-state index contributed by atoms with van der Waals surface area (Å²) in [4.78, 5) is 11.0. The van der Waals surface area contributed by atoms with Crippen LogP contribution in [0.25, 0.3) is 0 Å². The third-order valence-corrected chi connectivity index (χ3v) is 3.90. The topological polar surface area (TPSA) is 82.2 Å². The first kappa shape index (κ1) is 17.9. The van der Waals surface area contributed by atoms with Gasteiger partial charge >= 0.3 is 17.8 Å². The maximum Gasteiger partial charge on any atom is 0.442 e. The van der Waals surface area contributed by atoms with Crippen molar-refractivity contribution in [2.45, 2.75) is 37.2 Å². The van der Waals surface area contributed by atoms with E-state index in [0.29, 0.717) is 12.0 Å². The molecule has 2 atom stereocenters. The second kappa shape index (κ2) is 6.61. The third-order valence-electron chi connectivity index (χ3n) is 3.90. The van der Waals surface area contributed by atoms with E-state index >= 15 is 0 Å². The Balaban J connectivity index is 1.98. The molecule has 0 spiro atoms. The van der Waals surface area contributed by atoms with Crippen molar-refractivity contribution in [3.8, 4) is 12.3 Å². The highest BCUT2D eigenvalue weighted by Crippen LogP contribution is 2.52. The monoisotopic (exact) mass is 340 g/mol. The summed E-state index contributed by atoms with van der Waals surface area (Å²) in [5, 5.41) is 25.2. The van der Waals surface area contributed by atoms with Gasteiger partial charge < -0.3 is 10.2 Å². The number of aliphatic carboxylic acids is 1. The summed E-state index contributed by atoms with van der Waals surface area (Å²) in [6, 6.07) is 5.53. The first-order chi connectivity index (χ1) is 11.2. The number of halogens is 3. The van der Waals surface area contributed by atoms with E-state index in [0.717, 1.165) is 0 Å². The number of nitrogens with zero attached hydrogens (tertiary/aromatic N) is 2. The Hall–Kier alpha value is -2.40. The van der Waals surface area contributed by atoms with Crippen molar-refractivity contribution >= 4 is 5.97 Å². The molecule has 0 fully saturated rings. The lowest BCUT2D eigenvalue weighted by atomic mass is 9.93. The minimum Gasteiger partial charge on any atom is -0.481 e. The Morgan fingerprint density at radius 1 is 1.29 bits per heavy atom.